The minimum Gasteiger partial charge on any atom is -0.334 e. The van der Waals surface area contributed by atoms with Crippen LogP contribution in [0.15, 0.2) is 5.38 Å². The van der Waals surface area contributed by atoms with E-state index in [9.17, 15) is 4.79 Å². The van der Waals surface area contributed by atoms with E-state index in [-0.39, 0.29) is 5.91 Å². The van der Waals surface area contributed by atoms with Gasteiger partial charge < -0.3 is 10.6 Å². The molecular weight excluding hydrogens is 234 g/mol. The minimum atomic E-state index is 0.0668. The van der Waals surface area contributed by atoms with Gasteiger partial charge in [0.1, 0.15) is 10.7 Å². The number of hydrogen-bond donors (Lipinski definition) is 1. The summed E-state index contributed by atoms with van der Waals surface area (Å²) in [7, 11) is 0. The quantitative estimate of drug-likeness (QED) is 0.894. The van der Waals surface area contributed by atoms with Gasteiger partial charge in [-0.15, -0.1) is 11.3 Å². The molecule has 5 heteroatoms. The fraction of sp³-hybridized carbons (Fsp3) is 0.667. The first-order valence-corrected chi connectivity index (χ1v) is 6.99. The molecule has 0 saturated carbocycles. The Labute approximate surface area is 106 Å². The molecule has 2 unspecified atom stereocenters. The van der Waals surface area contributed by atoms with Crippen molar-refractivity contribution in [2.24, 2.45) is 11.7 Å². The molecule has 2 atom stereocenters. The first-order chi connectivity index (χ1) is 8.15. The van der Waals surface area contributed by atoms with Gasteiger partial charge in [-0.3, -0.25) is 4.79 Å². The van der Waals surface area contributed by atoms with Gasteiger partial charge in [0.15, 0.2) is 0 Å². The SMILES string of the molecule is CCC1CC(C)CN1C(=O)c1csc(CN)n1. The van der Waals surface area contributed by atoms with E-state index >= 15 is 0 Å². The lowest BCUT2D eigenvalue weighted by atomic mass is 10.1. The number of carbonyl (C=O) groups is 1. The van der Waals surface area contributed by atoms with Crippen LogP contribution in [0, 0.1) is 5.92 Å². The molecule has 1 aliphatic heterocycles. The maximum absolute atomic E-state index is 12.3. The summed E-state index contributed by atoms with van der Waals surface area (Å²) in [5.74, 6) is 0.661. The predicted octanol–water partition coefficient (Wildman–Crippen LogP) is 1.86. The van der Waals surface area contributed by atoms with Crippen molar-refractivity contribution in [2.45, 2.75) is 39.3 Å². The van der Waals surface area contributed by atoms with Gasteiger partial charge in [0.25, 0.3) is 5.91 Å². The molecule has 0 aliphatic carbocycles. The van der Waals surface area contributed by atoms with Crippen molar-refractivity contribution < 1.29 is 4.79 Å². The van der Waals surface area contributed by atoms with Crippen LogP contribution in [0.5, 0.6) is 0 Å². The zero-order valence-corrected chi connectivity index (χ0v) is 11.2. The normalized spacial score (nSPS) is 24.3. The standard InChI is InChI=1S/C12H19N3OS/c1-3-9-4-8(2)6-15(9)12(16)10-7-17-11(5-13)14-10/h7-9H,3-6,13H2,1-2H3. The lowest BCUT2D eigenvalue weighted by Gasteiger charge is -2.22. The summed E-state index contributed by atoms with van der Waals surface area (Å²) in [4.78, 5) is 18.6. The third-order valence-corrected chi connectivity index (χ3v) is 4.17. The Balaban J connectivity index is 2.13. The zero-order chi connectivity index (χ0) is 12.4. The number of amides is 1. The number of nitrogens with two attached hydrogens (primary N) is 1. The number of hydrogen-bond acceptors (Lipinski definition) is 4. The second kappa shape index (κ2) is 5.14. The summed E-state index contributed by atoms with van der Waals surface area (Å²) in [5, 5.41) is 2.65. The second-order valence-electron chi connectivity index (χ2n) is 4.69. The first kappa shape index (κ1) is 12.5. The Morgan fingerprint density at radius 3 is 3.06 bits per heavy atom. The second-order valence-corrected chi connectivity index (χ2v) is 5.63. The highest BCUT2D eigenvalue weighted by molar-refractivity contribution is 7.09. The number of nitrogens with zero attached hydrogens (tertiary/aromatic N) is 2. The minimum absolute atomic E-state index is 0.0668. The van der Waals surface area contributed by atoms with Crippen molar-refractivity contribution in [1.29, 1.82) is 0 Å². The Morgan fingerprint density at radius 2 is 2.47 bits per heavy atom. The van der Waals surface area contributed by atoms with Crippen LogP contribution in [-0.2, 0) is 6.54 Å². The molecule has 1 amide bonds. The number of aromatic nitrogens is 1. The lowest BCUT2D eigenvalue weighted by Crippen LogP contribution is -2.35. The third-order valence-electron chi connectivity index (χ3n) is 3.30. The molecule has 0 radical (unpaired) electrons. The number of carbonyl (C=O) groups excluding carboxylic acids is 1. The van der Waals surface area contributed by atoms with Crippen LogP contribution >= 0.6 is 11.3 Å². The van der Waals surface area contributed by atoms with Crippen molar-refractivity contribution >= 4 is 17.2 Å². The summed E-state index contributed by atoms with van der Waals surface area (Å²) >= 11 is 1.46. The summed E-state index contributed by atoms with van der Waals surface area (Å²) < 4.78 is 0. The fourth-order valence-corrected chi connectivity index (χ4v) is 3.09. The molecular formula is C12H19N3OS. The first-order valence-electron chi connectivity index (χ1n) is 6.11. The van der Waals surface area contributed by atoms with Gasteiger partial charge in [-0.05, 0) is 18.8 Å². The van der Waals surface area contributed by atoms with Crippen LogP contribution in [0.2, 0.25) is 0 Å². The maximum atomic E-state index is 12.3. The van der Waals surface area contributed by atoms with E-state index in [1.807, 2.05) is 10.3 Å². The lowest BCUT2D eigenvalue weighted by molar-refractivity contribution is 0.0725. The van der Waals surface area contributed by atoms with Gasteiger partial charge in [-0.2, -0.15) is 0 Å². The molecule has 0 aromatic carbocycles. The van der Waals surface area contributed by atoms with E-state index < -0.39 is 0 Å². The van der Waals surface area contributed by atoms with E-state index in [1.165, 1.54) is 11.3 Å². The smallest absolute Gasteiger partial charge is 0.273 e. The topological polar surface area (TPSA) is 59.2 Å². The molecule has 0 spiro atoms. The Hall–Kier alpha value is -0.940. The third kappa shape index (κ3) is 2.50. The van der Waals surface area contributed by atoms with Crippen LogP contribution in [0.4, 0.5) is 0 Å². The van der Waals surface area contributed by atoms with Gasteiger partial charge in [0, 0.05) is 24.5 Å². The van der Waals surface area contributed by atoms with Gasteiger partial charge in [0.2, 0.25) is 0 Å². The number of thiazole rings is 1. The molecule has 94 valence electrons. The van der Waals surface area contributed by atoms with Crippen LogP contribution in [-0.4, -0.2) is 28.4 Å². The Kier molecular flexibility index (Phi) is 3.79. The summed E-state index contributed by atoms with van der Waals surface area (Å²) in [5.41, 5.74) is 6.07. The molecule has 1 saturated heterocycles. The highest BCUT2D eigenvalue weighted by Crippen LogP contribution is 2.26. The molecule has 1 aromatic rings. The maximum Gasteiger partial charge on any atom is 0.273 e. The summed E-state index contributed by atoms with van der Waals surface area (Å²) in [6, 6.07) is 0.375. The summed E-state index contributed by atoms with van der Waals surface area (Å²) in [6.07, 6.45) is 2.13. The molecule has 1 fully saturated rings. The van der Waals surface area contributed by atoms with Gasteiger partial charge in [0.05, 0.1) is 0 Å². The van der Waals surface area contributed by atoms with E-state index in [2.05, 4.69) is 18.8 Å². The number of likely N-dealkylation sites (tertiary alicyclic amines) is 1. The largest absolute Gasteiger partial charge is 0.334 e. The molecule has 1 aromatic heterocycles. The van der Waals surface area contributed by atoms with Crippen molar-refractivity contribution in [3.63, 3.8) is 0 Å². The average molecular weight is 253 g/mol. The van der Waals surface area contributed by atoms with Crippen LogP contribution in [0.3, 0.4) is 0 Å². The molecule has 17 heavy (non-hydrogen) atoms. The van der Waals surface area contributed by atoms with E-state index in [4.69, 9.17) is 5.73 Å². The molecule has 4 nitrogen and oxygen atoms in total. The van der Waals surface area contributed by atoms with Crippen molar-refractivity contribution in [1.82, 2.24) is 9.88 Å². The Bertz CT molecular complexity index is 404. The van der Waals surface area contributed by atoms with Gasteiger partial charge in [-0.25, -0.2) is 4.98 Å². The van der Waals surface area contributed by atoms with Crippen LogP contribution < -0.4 is 5.73 Å². The van der Waals surface area contributed by atoms with Crippen LogP contribution in [0.1, 0.15) is 42.2 Å². The predicted molar refractivity (Wildman–Crippen MR) is 68.9 cm³/mol. The zero-order valence-electron chi connectivity index (χ0n) is 10.3. The van der Waals surface area contributed by atoms with Crippen molar-refractivity contribution in [2.75, 3.05) is 6.54 Å². The Morgan fingerprint density at radius 1 is 1.71 bits per heavy atom. The highest BCUT2D eigenvalue weighted by atomic mass is 32.1. The summed E-state index contributed by atoms with van der Waals surface area (Å²) in [6.45, 7) is 5.59. The van der Waals surface area contributed by atoms with Crippen molar-refractivity contribution in [3.8, 4) is 0 Å². The average Bonchev–Trinajstić information content (AvgIpc) is 2.93. The molecule has 2 N–H and O–H groups in total. The highest BCUT2D eigenvalue weighted by Gasteiger charge is 2.33. The monoisotopic (exact) mass is 253 g/mol. The van der Waals surface area contributed by atoms with E-state index in [1.54, 1.807) is 0 Å². The number of rotatable bonds is 3. The molecule has 0 bridgehead atoms. The van der Waals surface area contributed by atoms with Crippen LogP contribution in [0.25, 0.3) is 0 Å². The molecule has 1 aliphatic rings. The molecule has 2 rings (SSSR count). The molecule has 2 heterocycles. The fourth-order valence-electron chi connectivity index (χ4n) is 2.44. The van der Waals surface area contributed by atoms with E-state index in [0.29, 0.717) is 24.2 Å². The van der Waals surface area contributed by atoms with Crippen molar-refractivity contribution in [3.05, 3.63) is 16.1 Å². The van der Waals surface area contributed by atoms with E-state index in [0.717, 1.165) is 24.4 Å². The van der Waals surface area contributed by atoms with Gasteiger partial charge in [-0.1, -0.05) is 13.8 Å². The van der Waals surface area contributed by atoms with Gasteiger partial charge >= 0.3 is 0 Å².